The summed E-state index contributed by atoms with van der Waals surface area (Å²) in [4.78, 5) is 14.0. The highest BCUT2D eigenvalue weighted by Crippen LogP contribution is 2.49. The van der Waals surface area contributed by atoms with Crippen molar-refractivity contribution in [2.75, 3.05) is 0 Å². The van der Waals surface area contributed by atoms with Crippen molar-refractivity contribution >= 4 is 17.2 Å². The summed E-state index contributed by atoms with van der Waals surface area (Å²) in [6.45, 7) is 2.11. The van der Waals surface area contributed by atoms with Crippen LogP contribution in [0.3, 0.4) is 0 Å². The first-order valence-corrected chi connectivity index (χ1v) is 8.65. The van der Waals surface area contributed by atoms with Crippen LogP contribution in [0.4, 0.5) is 4.39 Å². The Hall–Kier alpha value is -1.68. The third kappa shape index (κ3) is 2.80. The number of hydrogen-bond donors (Lipinski definition) is 1. The molecule has 1 heterocycles. The number of thiophene rings is 1. The molecule has 0 aliphatic heterocycles. The average molecular weight is 317 g/mol. The van der Waals surface area contributed by atoms with E-state index in [1.54, 1.807) is 29.5 Å². The van der Waals surface area contributed by atoms with Crippen LogP contribution >= 0.6 is 11.3 Å². The van der Waals surface area contributed by atoms with Gasteiger partial charge in [-0.15, -0.1) is 11.3 Å². The Kier molecular flexibility index (Phi) is 4.30. The smallest absolute Gasteiger partial charge is 0.231 e. The van der Waals surface area contributed by atoms with Gasteiger partial charge < -0.3 is 5.32 Å². The molecule has 22 heavy (non-hydrogen) atoms. The molecule has 1 saturated carbocycles. The first-order valence-electron chi connectivity index (χ1n) is 7.77. The van der Waals surface area contributed by atoms with Crippen LogP contribution in [0.15, 0.2) is 41.8 Å². The van der Waals surface area contributed by atoms with Gasteiger partial charge >= 0.3 is 0 Å². The van der Waals surface area contributed by atoms with Crippen molar-refractivity contribution in [3.05, 3.63) is 58.0 Å². The Morgan fingerprint density at radius 1 is 1.32 bits per heavy atom. The van der Waals surface area contributed by atoms with Crippen molar-refractivity contribution in [1.29, 1.82) is 0 Å². The Morgan fingerprint density at radius 2 is 2.09 bits per heavy atom. The van der Waals surface area contributed by atoms with E-state index in [0.717, 1.165) is 25.7 Å². The molecule has 0 spiro atoms. The molecule has 0 bridgehead atoms. The van der Waals surface area contributed by atoms with E-state index in [2.05, 4.69) is 12.2 Å². The average Bonchev–Trinajstić information content (AvgIpc) is 3.14. The van der Waals surface area contributed by atoms with Gasteiger partial charge in [0, 0.05) is 10.4 Å². The molecule has 1 N–H and O–H groups in total. The third-order valence-corrected chi connectivity index (χ3v) is 5.33. The molecular formula is C18H20FNOS. The van der Waals surface area contributed by atoms with E-state index in [1.807, 2.05) is 17.5 Å². The highest BCUT2D eigenvalue weighted by Gasteiger charge is 2.53. The van der Waals surface area contributed by atoms with Gasteiger partial charge in [-0.3, -0.25) is 4.79 Å². The molecule has 0 unspecified atom stereocenters. The highest BCUT2D eigenvalue weighted by atomic mass is 32.1. The normalized spacial score (nSPS) is 17.0. The second kappa shape index (κ2) is 6.21. The summed E-state index contributed by atoms with van der Waals surface area (Å²) in [7, 11) is 0. The van der Waals surface area contributed by atoms with E-state index >= 15 is 0 Å². The number of carbonyl (C=O) groups excluding carboxylic acids is 1. The Morgan fingerprint density at radius 3 is 2.68 bits per heavy atom. The third-order valence-electron chi connectivity index (χ3n) is 4.34. The Balaban J connectivity index is 1.80. The molecule has 0 saturated heterocycles. The zero-order valence-corrected chi connectivity index (χ0v) is 13.5. The van der Waals surface area contributed by atoms with Crippen LogP contribution in [0, 0.1) is 5.82 Å². The lowest BCUT2D eigenvalue weighted by Gasteiger charge is -2.22. The minimum atomic E-state index is -0.658. The van der Waals surface area contributed by atoms with Gasteiger partial charge in [-0.05, 0) is 36.8 Å². The Labute approximate surface area is 134 Å². The maximum absolute atomic E-state index is 14.1. The van der Waals surface area contributed by atoms with Gasteiger partial charge in [0.15, 0.2) is 0 Å². The molecule has 1 aromatic carbocycles. The zero-order valence-electron chi connectivity index (χ0n) is 12.6. The number of nitrogens with one attached hydrogen (secondary N) is 1. The minimum Gasteiger partial charge on any atom is -0.348 e. The maximum atomic E-state index is 14.1. The fraction of sp³-hybridized carbons (Fsp3) is 0.389. The van der Waals surface area contributed by atoms with Crippen molar-refractivity contribution in [3.63, 3.8) is 0 Å². The van der Waals surface area contributed by atoms with Gasteiger partial charge in [0.25, 0.3) is 0 Å². The van der Waals surface area contributed by atoms with Crippen molar-refractivity contribution in [3.8, 4) is 0 Å². The van der Waals surface area contributed by atoms with Crippen molar-refractivity contribution in [1.82, 2.24) is 5.32 Å². The van der Waals surface area contributed by atoms with Gasteiger partial charge in [0.05, 0.1) is 11.5 Å². The minimum absolute atomic E-state index is 0.0294. The highest BCUT2D eigenvalue weighted by molar-refractivity contribution is 7.10. The standard InChI is InChI=1S/C18H20FNOS/c1-2-6-15(16-9-5-12-22-16)20-17(21)18(10-11-18)13-7-3-4-8-14(13)19/h3-5,7-9,12,15H,2,6,10-11H2,1H3,(H,20,21)/t15-/m1/s1. The molecule has 4 heteroatoms. The van der Waals surface area contributed by atoms with Crippen LogP contribution in [0.25, 0.3) is 0 Å². The SMILES string of the molecule is CCC[C@@H](NC(=O)C1(c2ccccc2F)CC1)c1cccs1. The first kappa shape index (κ1) is 15.2. The van der Waals surface area contributed by atoms with E-state index in [9.17, 15) is 9.18 Å². The molecule has 2 aromatic rings. The van der Waals surface area contributed by atoms with E-state index in [4.69, 9.17) is 0 Å². The number of carbonyl (C=O) groups is 1. The van der Waals surface area contributed by atoms with Gasteiger partial charge in [-0.2, -0.15) is 0 Å². The number of hydrogen-bond acceptors (Lipinski definition) is 2. The lowest BCUT2D eigenvalue weighted by molar-refractivity contribution is -0.124. The molecule has 1 aromatic heterocycles. The number of halogens is 1. The van der Waals surface area contributed by atoms with Crippen LogP contribution in [-0.4, -0.2) is 5.91 Å². The monoisotopic (exact) mass is 317 g/mol. The summed E-state index contributed by atoms with van der Waals surface area (Å²) in [5, 5.41) is 5.18. The lowest BCUT2D eigenvalue weighted by atomic mass is 9.93. The van der Waals surface area contributed by atoms with Gasteiger partial charge in [-0.1, -0.05) is 37.6 Å². The van der Waals surface area contributed by atoms with E-state index in [-0.39, 0.29) is 17.8 Å². The van der Waals surface area contributed by atoms with Crippen LogP contribution in [0.5, 0.6) is 0 Å². The fourth-order valence-corrected chi connectivity index (χ4v) is 3.77. The second-order valence-electron chi connectivity index (χ2n) is 5.89. The second-order valence-corrected chi connectivity index (χ2v) is 6.87. The molecule has 3 rings (SSSR count). The first-order chi connectivity index (χ1) is 10.7. The predicted molar refractivity (Wildman–Crippen MR) is 87.4 cm³/mol. The van der Waals surface area contributed by atoms with E-state index in [0.29, 0.717) is 5.56 Å². The number of benzene rings is 1. The number of rotatable bonds is 6. The van der Waals surface area contributed by atoms with Crippen molar-refractivity contribution < 1.29 is 9.18 Å². The van der Waals surface area contributed by atoms with E-state index in [1.165, 1.54) is 10.9 Å². The van der Waals surface area contributed by atoms with E-state index < -0.39 is 5.41 Å². The summed E-state index contributed by atoms with van der Waals surface area (Å²) < 4.78 is 14.1. The Bertz CT molecular complexity index is 649. The molecule has 0 radical (unpaired) electrons. The molecule has 1 aliphatic rings. The molecule has 1 amide bonds. The number of amides is 1. The van der Waals surface area contributed by atoms with Crippen molar-refractivity contribution in [2.45, 2.75) is 44.1 Å². The fourth-order valence-electron chi connectivity index (χ4n) is 2.95. The molecular weight excluding hydrogens is 297 g/mol. The lowest BCUT2D eigenvalue weighted by Crippen LogP contribution is -2.37. The molecule has 1 fully saturated rings. The topological polar surface area (TPSA) is 29.1 Å². The molecule has 2 nitrogen and oxygen atoms in total. The molecule has 1 aliphatic carbocycles. The van der Waals surface area contributed by atoms with Crippen LogP contribution in [0.1, 0.15) is 49.1 Å². The largest absolute Gasteiger partial charge is 0.348 e. The summed E-state index contributed by atoms with van der Waals surface area (Å²) >= 11 is 1.65. The quantitative estimate of drug-likeness (QED) is 0.830. The summed E-state index contributed by atoms with van der Waals surface area (Å²) in [6.07, 6.45) is 3.35. The van der Waals surface area contributed by atoms with Gasteiger partial charge in [-0.25, -0.2) is 4.39 Å². The summed E-state index contributed by atoms with van der Waals surface area (Å²) in [6, 6.07) is 10.7. The van der Waals surface area contributed by atoms with Gasteiger partial charge in [0.1, 0.15) is 5.82 Å². The van der Waals surface area contributed by atoms with Gasteiger partial charge in [0.2, 0.25) is 5.91 Å². The van der Waals surface area contributed by atoms with Crippen molar-refractivity contribution in [2.24, 2.45) is 0 Å². The summed E-state index contributed by atoms with van der Waals surface area (Å²) in [5.41, 5.74) is -0.122. The molecule has 116 valence electrons. The van der Waals surface area contributed by atoms with Crippen LogP contribution in [-0.2, 0) is 10.2 Å². The maximum Gasteiger partial charge on any atom is 0.231 e. The van der Waals surface area contributed by atoms with Crippen LogP contribution in [0.2, 0.25) is 0 Å². The predicted octanol–water partition coefficient (Wildman–Crippen LogP) is 4.58. The summed E-state index contributed by atoms with van der Waals surface area (Å²) in [5.74, 6) is -0.317. The molecule has 1 atom stereocenters. The van der Waals surface area contributed by atoms with Crippen LogP contribution < -0.4 is 5.32 Å². The zero-order chi connectivity index (χ0) is 15.6.